The summed E-state index contributed by atoms with van der Waals surface area (Å²) < 4.78 is 4.60. The number of amides is 1. The standard InChI is InChI=1S/C11H19N5O3/c1-4-8(5-2)6-16(7-9(17)19-3)11(18)10-12-14-15-13-10/h8H,4-7H2,1-3H3,(H,12,13,14,15). The second kappa shape index (κ2) is 7.45. The van der Waals surface area contributed by atoms with Crippen molar-refractivity contribution in [3.63, 3.8) is 0 Å². The minimum atomic E-state index is -0.470. The second-order valence-electron chi connectivity index (χ2n) is 4.18. The summed E-state index contributed by atoms with van der Waals surface area (Å²) in [5.74, 6) is -0.621. The number of ether oxygens (including phenoxy) is 1. The summed E-state index contributed by atoms with van der Waals surface area (Å²) in [5, 5.41) is 12.8. The molecule has 0 fully saturated rings. The van der Waals surface area contributed by atoms with Crippen molar-refractivity contribution < 1.29 is 14.3 Å². The number of tetrazole rings is 1. The van der Waals surface area contributed by atoms with Crippen molar-refractivity contribution in [1.29, 1.82) is 0 Å². The molecule has 0 atom stereocenters. The molecule has 0 aromatic carbocycles. The van der Waals surface area contributed by atoms with Crippen molar-refractivity contribution in [1.82, 2.24) is 25.5 Å². The zero-order valence-corrected chi connectivity index (χ0v) is 11.4. The Balaban J connectivity index is 2.79. The number of carbonyl (C=O) groups excluding carboxylic acids is 2. The Morgan fingerprint density at radius 2 is 2.05 bits per heavy atom. The van der Waals surface area contributed by atoms with Gasteiger partial charge in [-0.1, -0.05) is 26.7 Å². The molecule has 0 spiro atoms. The molecule has 1 N–H and O–H groups in total. The predicted octanol–water partition coefficient (Wildman–Crippen LogP) is 0.251. The van der Waals surface area contributed by atoms with E-state index in [1.54, 1.807) is 0 Å². The fourth-order valence-electron chi connectivity index (χ4n) is 1.69. The van der Waals surface area contributed by atoms with Crippen LogP contribution in [0.1, 0.15) is 37.3 Å². The lowest BCUT2D eigenvalue weighted by Crippen LogP contribution is -2.40. The third-order valence-corrected chi connectivity index (χ3v) is 3.00. The van der Waals surface area contributed by atoms with Crippen LogP contribution in [0.3, 0.4) is 0 Å². The summed E-state index contributed by atoms with van der Waals surface area (Å²) in [7, 11) is 1.29. The van der Waals surface area contributed by atoms with Crippen LogP contribution >= 0.6 is 0 Å². The molecule has 0 saturated carbocycles. The largest absolute Gasteiger partial charge is 0.468 e. The zero-order valence-electron chi connectivity index (χ0n) is 11.4. The number of rotatable bonds is 7. The van der Waals surface area contributed by atoms with Gasteiger partial charge >= 0.3 is 5.97 Å². The molecule has 1 amide bonds. The average molecular weight is 269 g/mol. The topological polar surface area (TPSA) is 101 Å². The van der Waals surface area contributed by atoms with E-state index in [4.69, 9.17) is 0 Å². The van der Waals surface area contributed by atoms with E-state index >= 15 is 0 Å². The van der Waals surface area contributed by atoms with Crippen LogP contribution in [0, 0.1) is 5.92 Å². The van der Waals surface area contributed by atoms with Gasteiger partial charge in [0.15, 0.2) is 0 Å². The van der Waals surface area contributed by atoms with Crippen LogP contribution in [0.25, 0.3) is 0 Å². The molecule has 1 rings (SSSR count). The van der Waals surface area contributed by atoms with Gasteiger partial charge in [-0.3, -0.25) is 9.59 Å². The van der Waals surface area contributed by atoms with Crippen LogP contribution in [0.4, 0.5) is 0 Å². The fraction of sp³-hybridized carbons (Fsp3) is 0.727. The van der Waals surface area contributed by atoms with Crippen LogP contribution in [-0.2, 0) is 9.53 Å². The Morgan fingerprint density at radius 1 is 1.37 bits per heavy atom. The average Bonchev–Trinajstić information content (AvgIpc) is 2.96. The molecule has 0 aliphatic carbocycles. The van der Waals surface area contributed by atoms with Crippen LogP contribution in [-0.4, -0.2) is 57.6 Å². The highest BCUT2D eigenvalue weighted by atomic mass is 16.5. The first-order valence-electron chi connectivity index (χ1n) is 6.21. The molecule has 0 radical (unpaired) electrons. The third-order valence-electron chi connectivity index (χ3n) is 3.00. The maximum absolute atomic E-state index is 12.2. The first-order chi connectivity index (χ1) is 9.12. The summed E-state index contributed by atoms with van der Waals surface area (Å²) in [6.07, 6.45) is 1.85. The lowest BCUT2D eigenvalue weighted by atomic mass is 10.0. The van der Waals surface area contributed by atoms with Gasteiger partial charge in [-0.2, -0.15) is 5.21 Å². The number of hydrogen-bond acceptors (Lipinski definition) is 6. The molecule has 0 aliphatic heterocycles. The number of nitrogens with zero attached hydrogens (tertiary/aromatic N) is 4. The van der Waals surface area contributed by atoms with E-state index in [0.717, 1.165) is 12.8 Å². The number of hydrogen-bond donors (Lipinski definition) is 1. The first kappa shape index (κ1) is 15.1. The van der Waals surface area contributed by atoms with Crippen molar-refractivity contribution in [2.75, 3.05) is 20.2 Å². The van der Waals surface area contributed by atoms with Crippen molar-refractivity contribution in [3.8, 4) is 0 Å². The van der Waals surface area contributed by atoms with Crippen molar-refractivity contribution >= 4 is 11.9 Å². The smallest absolute Gasteiger partial charge is 0.325 e. The Labute approximate surface area is 111 Å². The van der Waals surface area contributed by atoms with Crippen LogP contribution < -0.4 is 0 Å². The van der Waals surface area contributed by atoms with E-state index in [2.05, 4.69) is 25.4 Å². The number of carbonyl (C=O) groups is 2. The van der Waals surface area contributed by atoms with Crippen LogP contribution in [0.5, 0.6) is 0 Å². The number of esters is 1. The monoisotopic (exact) mass is 269 g/mol. The minimum Gasteiger partial charge on any atom is -0.468 e. The highest BCUT2D eigenvalue weighted by Crippen LogP contribution is 2.11. The summed E-state index contributed by atoms with van der Waals surface area (Å²) >= 11 is 0. The van der Waals surface area contributed by atoms with E-state index < -0.39 is 11.9 Å². The molecule has 0 aliphatic rings. The molecule has 1 aromatic heterocycles. The van der Waals surface area contributed by atoms with E-state index in [1.807, 2.05) is 13.8 Å². The van der Waals surface area contributed by atoms with Gasteiger partial charge in [0.1, 0.15) is 6.54 Å². The van der Waals surface area contributed by atoms with Crippen LogP contribution in [0.2, 0.25) is 0 Å². The maximum atomic E-state index is 12.2. The van der Waals surface area contributed by atoms with Gasteiger partial charge < -0.3 is 9.64 Å². The SMILES string of the molecule is CCC(CC)CN(CC(=O)OC)C(=O)c1nn[nH]n1. The number of methoxy groups -OCH3 is 1. The molecular weight excluding hydrogens is 250 g/mol. The van der Waals surface area contributed by atoms with Gasteiger partial charge in [0.25, 0.3) is 11.7 Å². The van der Waals surface area contributed by atoms with Gasteiger partial charge in [0, 0.05) is 6.54 Å². The van der Waals surface area contributed by atoms with Crippen molar-refractivity contribution in [2.24, 2.45) is 5.92 Å². The van der Waals surface area contributed by atoms with E-state index in [9.17, 15) is 9.59 Å². The van der Waals surface area contributed by atoms with Gasteiger partial charge in [-0.25, -0.2) is 0 Å². The lowest BCUT2D eigenvalue weighted by molar-refractivity contribution is -0.141. The molecule has 0 bridgehead atoms. The van der Waals surface area contributed by atoms with Crippen molar-refractivity contribution in [2.45, 2.75) is 26.7 Å². The first-order valence-corrected chi connectivity index (χ1v) is 6.21. The Kier molecular flexibility index (Phi) is 5.91. The minimum absolute atomic E-state index is 0.0464. The molecule has 19 heavy (non-hydrogen) atoms. The van der Waals surface area contributed by atoms with Gasteiger partial charge in [-0.05, 0) is 11.1 Å². The summed E-state index contributed by atoms with van der Waals surface area (Å²) in [6.45, 7) is 4.45. The second-order valence-corrected chi connectivity index (χ2v) is 4.18. The molecule has 1 aromatic rings. The van der Waals surface area contributed by atoms with Gasteiger partial charge in [0.05, 0.1) is 7.11 Å². The van der Waals surface area contributed by atoms with E-state index in [1.165, 1.54) is 12.0 Å². The molecule has 8 heteroatoms. The van der Waals surface area contributed by atoms with E-state index in [0.29, 0.717) is 12.5 Å². The summed E-state index contributed by atoms with van der Waals surface area (Å²) in [6, 6.07) is 0. The van der Waals surface area contributed by atoms with Gasteiger partial charge in [-0.15, -0.1) is 10.2 Å². The molecule has 8 nitrogen and oxygen atoms in total. The Hall–Kier alpha value is -1.99. The number of aromatic amines is 1. The maximum Gasteiger partial charge on any atom is 0.325 e. The number of nitrogens with one attached hydrogen (secondary N) is 1. The quantitative estimate of drug-likeness (QED) is 0.712. The summed E-state index contributed by atoms with van der Waals surface area (Å²) in [4.78, 5) is 24.9. The molecule has 1 heterocycles. The fourth-order valence-corrected chi connectivity index (χ4v) is 1.69. The normalized spacial score (nSPS) is 10.5. The van der Waals surface area contributed by atoms with Gasteiger partial charge in [0.2, 0.25) is 0 Å². The Morgan fingerprint density at radius 3 is 2.53 bits per heavy atom. The molecular formula is C11H19N5O3. The highest BCUT2D eigenvalue weighted by molar-refractivity contribution is 5.92. The molecule has 106 valence electrons. The predicted molar refractivity (Wildman–Crippen MR) is 66.2 cm³/mol. The number of aromatic nitrogens is 4. The molecule has 0 unspecified atom stereocenters. The zero-order chi connectivity index (χ0) is 14.3. The van der Waals surface area contributed by atoms with Crippen LogP contribution in [0.15, 0.2) is 0 Å². The third kappa shape index (κ3) is 4.31. The molecule has 0 saturated heterocycles. The lowest BCUT2D eigenvalue weighted by Gasteiger charge is -2.24. The van der Waals surface area contributed by atoms with E-state index in [-0.39, 0.29) is 12.4 Å². The highest BCUT2D eigenvalue weighted by Gasteiger charge is 2.24. The Bertz CT molecular complexity index is 402. The van der Waals surface area contributed by atoms with Crippen molar-refractivity contribution in [3.05, 3.63) is 5.82 Å². The summed E-state index contributed by atoms with van der Waals surface area (Å²) in [5.41, 5.74) is 0. The number of H-pyrrole nitrogens is 1.